The molecule has 176 valence electrons. The minimum Gasteiger partial charge on any atom is -0.508 e. The molecule has 2 aromatic carbocycles. The van der Waals surface area contributed by atoms with Gasteiger partial charge in [0.25, 0.3) is 5.56 Å². The first kappa shape index (κ1) is 22.1. The first-order chi connectivity index (χ1) is 16.9. The van der Waals surface area contributed by atoms with Crippen molar-refractivity contribution in [2.45, 2.75) is 26.3 Å². The molecule has 35 heavy (non-hydrogen) atoms. The highest BCUT2D eigenvalue weighted by Gasteiger charge is 2.21. The maximum absolute atomic E-state index is 13.6. The summed E-state index contributed by atoms with van der Waals surface area (Å²) in [6.45, 7) is 3.81. The first-order valence-corrected chi connectivity index (χ1v) is 11.2. The fourth-order valence-electron chi connectivity index (χ4n) is 4.20. The molecule has 4 N–H and O–H groups in total. The highest BCUT2D eigenvalue weighted by atomic mass is 16.3. The average molecular weight is 468 g/mol. The van der Waals surface area contributed by atoms with Gasteiger partial charge in [0.15, 0.2) is 5.82 Å². The summed E-state index contributed by atoms with van der Waals surface area (Å²) in [5, 5.41) is 18.0. The molecule has 0 radical (unpaired) electrons. The van der Waals surface area contributed by atoms with Gasteiger partial charge in [-0.1, -0.05) is 30.3 Å². The summed E-state index contributed by atoms with van der Waals surface area (Å²) >= 11 is 0. The van der Waals surface area contributed by atoms with E-state index in [0.717, 1.165) is 16.8 Å². The SMILES string of the molecule is Cc1ccn2nc(C(C)Nc3ncnc(N)c3Cc3cccc(O)c3)n(-c3ccccc3)c(=O)c12. The zero-order valence-corrected chi connectivity index (χ0v) is 19.4. The van der Waals surface area contributed by atoms with E-state index in [4.69, 9.17) is 10.8 Å². The number of nitrogens with two attached hydrogens (primary N) is 1. The highest BCUT2D eigenvalue weighted by molar-refractivity contribution is 5.58. The minimum absolute atomic E-state index is 0.153. The Labute approximate surface area is 201 Å². The maximum atomic E-state index is 13.6. The van der Waals surface area contributed by atoms with E-state index in [2.05, 4.69) is 15.3 Å². The topological polar surface area (TPSA) is 123 Å². The van der Waals surface area contributed by atoms with Crippen molar-refractivity contribution < 1.29 is 5.11 Å². The molecule has 9 heteroatoms. The van der Waals surface area contributed by atoms with Crippen molar-refractivity contribution in [3.8, 4) is 11.4 Å². The number of phenols is 1. The van der Waals surface area contributed by atoms with Crippen molar-refractivity contribution in [2.75, 3.05) is 11.1 Å². The molecular weight excluding hydrogens is 442 g/mol. The molecule has 1 atom stereocenters. The number of hydrogen-bond donors (Lipinski definition) is 3. The van der Waals surface area contributed by atoms with Gasteiger partial charge in [-0.3, -0.25) is 9.36 Å². The van der Waals surface area contributed by atoms with Gasteiger partial charge in [-0.25, -0.2) is 14.5 Å². The number of nitrogens with zero attached hydrogens (tertiary/aromatic N) is 5. The number of aromatic nitrogens is 5. The Kier molecular flexibility index (Phi) is 5.66. The number of nitrogen functional groups attached to an aromatic ring is 1. The standard InChI is InChI=1S/C26H25N7O2/c1-16-11-12-32-22(16)26(35)33(19-8-4-3-5-9-19)25(31-32)17(2)30-24-21(23(27)28-15-29-24)14-18-7-6-10-20(34)13-18/h3-13,15,17,34H,14H2,1-2H3,(H3,27,28,29,30). The largest absolute Gasteiger partial charge is 0.508 e. The lowest BCUT2D eigenvalue weighted by atomic mass is 10.1. The Bertz CT molecular complexity index is 1570. The second kappa shape index (κ2) is 8.94. The maximum Gasteiger partial charge on any atom is 0.282 e. The number of rotatable bonds is 6. The van der Waals surface area contributed by atoms with E-state index < -0.39 is 6.04 Å². The van der Waals surface area contributed by atoms with Crippen molar-refractivity contribution in [3.05, 3.63) is 106 Å². The molecule has 3 heterocycles. The van der Waals surface area contributed by atoms with E-state index in [9.17, 15) is 9.90 Å². The van der Waals surface area contributed by atoms with Crippen molar-refractivity contribution in [3.63, 3.8) is 0 Å². The molecule has 0 bridgehead atoms. The Morgan fingerprint density at radius 2 is 1.89 bits per heavy atom. The van der Waals surface area contributed by atoms with E-state index in [1.54, 1.807) is 33.5 Å². The number of para-hydroxylation sites is 1. The van der Waals surface area contributed by atoms with Gasteiger partial charge >= 0.3 is 0 Å². The van der Waals surface area contributed by atoms with E-state index in [1.165, 1.54) is 6.33 Å². The minimum atomic E-state index is -0.410. The number of phenolic OH excluding ortho intramolecular Hbond substituents is 1. The molecule has 5 rings (SSSR count). The molecule has 9 nitrogen and oxygen atoms in total. The summed E-state index contributed by atoms with van der Waals surface area (Å²) in [5.74, 6) is 1.56. The number of fused-ring (bicyclic) bond motifs is 1. The van der Waals surface area contributed by atoms with Crippen LogP contribution in [0.3, 0.4) is 0 Å². The molecule has 0 saturated carbocycles. The van der Waals surface area contributed by atoms with Crippen LogP contribution in [0.2, 0.25) is 0 Å². The molecular formula is C26H25N7O2. The lowest BCUT2D eigenvalue weighted by Gasteiger charge is -2.21. The monoisotopic (exact) mass is 467 g/mol. The number of anilines is 2. The van der Waals surface area contributed by atoms with Crippen LogP contribution >= 0.6 is 0 Å². The second-order valence-electron chi connectivity index (χ2n) is 8.43. The first-order valence-electron chi connectivity index (χ1n) is 11.2. The normalized spacial score (nSPS) is 12.1. The zero-order chi connectivity index (χ0) is 24.5. The lowest BCUT2D eigenvalue weighted by molar-refractivity contribution is 0.474. The predicted molar refractivity (Wildman–Crippen MR) is 135 cm³/mol. The van der Waals surface area contributed by atoms with Crippen LogP contribution in [0.15, 0.2) is 78.0 Å². The van der Waals surface area contributed by atoms with Crippen LogP contribution in [-0.2, 0) is 6.42 Å². The van der Waals surface area contributed by atoms with E-state index in [1.807, 2.05) is 56.3 Å². The molecule has 1 unspecified atom stereocenters. The molecule has 5 aromatic rings. The smallest absolute Gasteiger partial charge is 0.282 e. The molecule has 0 aliphatic rings. The van der Waals surface area contributed by atoms with Crippen LogP contribution in [0.5, 0.6) is 5.75 Å². The number of aromatic hydroxyl groups is 1. The number of hydrogen-bond acceptors (Lipinski definition) is 7. The van der Waals surface area contributed by atoms with Crippen LogP contribution < -0.4 is 16.6 Å². The van der Waals surface area contributed by atoms with Crippen LogP contribution in [0.1, 0.15) is 35.5 Å². The zero-order valence-electron chi connectivity index (χ0n) is 19.4. The van der Waals surface area contributed by atoms with Gasteiger partial charge in [0, 0.05) is 18.2 Å². The van der Waals surface area contributed by atoms with E-state index in [-0.39, 0.29) is 11.3 Å². The third kappa shape index (κ3) is 4.19. The third-order valence-corrected chi connectivity index (χ3v) is 5.94. The summed E-state index contributed by atoms with van der Waals surface area (Å²) in [7, 11) is 0. The predicted octanol–water partition coefficient (Wildman–Crippen LogP) is 3.64. The Morgan fingerprint density at radius 3 is 2.66 bits per heavy atom. The molecule has 0 aliphatic heterocycles. The Morgan fingerprint density at radius 1 is 1.09 bits per heavy atom. The molecule has 0 fully saturated rings. The molecule has 3 aromatic heterocycles. The van der Waals surface area contributed by atoms with Crippen molar-refractivity contribution >= 4 is 17.2 Å². The van der Waals surface area contributed by atoms with Crippen molar-refractivity contribution in [1.82, 2.24) is 24.1 Å². The van der Waals surface area contributed by atoms with Crippen LogP contribution in [0.4, 0.5) is 11.6 Å². The van der Waals surface area contributed by atoms with Crippen LogP contribution in [0, 0.1) is 6.92 Å². The molecule has 0 aliphatic carbocycles. The Balaban J connectivity index is 1.59. The quantitative estimate of drug-likeness (QED) is 0.348. The molecule has 0 amide bonds. The lowest BCUT2D eigenvalue weighted by Crippen LogP contribution is -2.29. The van der Waals surface area contributed by atoms with Gasteiger partial charge < -0.3 is 16.2 Å². The highest BCUT2D eigenvalue weighted by Crippen LogP contribution is 2.26. The molecule has 0 spiro atoms. The summed E-state index contributed by atoms with van der Waals surface area (Å²) in [6.07, 6.45) is 3.60. The average Bonchev–Trinajstić information content (AvgIpc) is 3.22. The fraction of sp³-hybridized carbons (Fsp3) is 0.154. The second-order valence-corrected chi connectivity index (χ2v) is 8.43. The Hall–Kier alpha value is -4.66. The van der Waals surface area contributed by atoms with Gasteiger partial charge in [-0.05, 0) is 55.3 Å². The summed E-state index contributed by atoms with van der Waals surface area (Å²) in [5.41, 5.74) is 9.73. The van der Waals surface area contributed by atoms with Gasteiger partial charge in [0.05, 0.1) is 11.7 Å². The number of benzene rings is 2. The number of nitrogens with one attached hydrogen (secondary N) is 1. The summed E-state index contributed by atoms with van der Waals surface area (Å²) < 4.78 is 3.24. The summed E-state index contributed by atoms with van der Waals surface area (Å²) in [6, 6.07) is 17.9. The van der Waals surface area contributed by atoms with Crippen molar-refractivity contribution in [2.24, 2.45) is 0 Å². The van der Waals surface area contributed by atoms with Gasteiger partial charge in [-0.2, -0.15) is 5.10 Å². The van der Waals surface area contributed by atoms with E-state index >= 15 is 0 Å². The van der Waals surface area contributed by atoms with Crippen molar-refractivity contribution in [1.29, 1.82) is 0 Å². The molecule has 0 saturated heterocycles. The van der Waals surface area contributed by atoms with Crippen LogP contribution in [0.25, 0.3) is 11.2 Å². The third-order valence-electron chi connectivity index (χ3n) is 5.94. The van der Waals surface area contributed by atoms with Crippen LogP contribution in [-0.4, -0.2) is 29.3 Å². The fourth-order valence-corrected chi connectivity index (χ4v) is 4.20. The van der Waals surface area contributed by atoms with E-state index in [0.29, 0.717) is 35.0 Å². The van der Waals surface area contributed by atoms with Gasteiger partial charge in [0.2, 0.25) is 0 Å². The summed E-state index contributed by atoms with van der Waals surface area (Å²) in [4.78, 5) is 22.2. The number of aryl methyl sites for hydroxylation is 1. The van der Waals surface area contributed by atoms with Gasteiger partial charge in [-0.15, -0.1) is 0 Å². The van der Waals surface area contributed by atoms with Gasteiger partial charge in [0.1, 0.15) is 29.2 Å².